The molecule has 3 aromatic heterocycles. The van der Waals surface area contributed by atoms with Gasteiger partial charge in [0, 0.05) is 37.4 Å². The van der Waals surface area contributed by atoms with Crippen molar-refractivity contribution >= 4 is 22.6 Å². The van der Waals surface area contributed by atoms with Gasteiger partial charge < -0.3 is 25.4 Å². The number of pyridine rings is 1. The Bertz CT molecular complexity index is 931. The van der Waals surface area contributed by atoms with Gasteiger partial charge in [-0.2, -0.15) is 0 Å². The van der Waals surface area contributed by atoms with Gasteiger partial charge in [-0.05, 0) is 24.9 Å². The molecule has 0 bridgehead atoms. The van der Waals surface area contributed by atoms with Gasteiger partial charge in [0.25, 0.3) is 5.91 Å². The average Bonchev–Trinajstić information content (AvgIpc) is 3.31. The summed E-state index contributed by atoms with van der Waals surface area (Å²) in [7, 11) is 1.56. The van der Waals surface area contributed by atoms with Gasteiger partial charge in [0.05, 0.1) is 11.3 Å². The first-order valence-electron chi connectivity index (χ1n) is 8.77. The molecule has 0 aliphatic carbocycles. The molecule has 4 rings (SSSR count). The van der Waals surface area contributed by atoms with E-state index >= 15 is 0 Å². The fourth-order valence-electron chi connectivity index (χ4n) is 3.43. The molecule has 1 amide bonds. The van der Waals surface area contributed by atoms with Crippen molar-refractivity contribution in [3.63, 3.8) is 0 Å². The molecule has 0 saturated carbocycles. The molecule has 4 N–H and O–H groups in total. The molecule has 3 aromatic rings. The van der Waals surface area contributed by atoms with Gasteiger partial charge in [-0.25, -0.2) is 9.97 Å². The summed E-state index contributed by atoms with van der Waals surface area (Å²) in [6, 6.07) is 2.28. The summed E-state index contributed by atoms with van der Waals surface area (Å²) in [4.78, 5) is 23.7. The van der Waals surface area contributed by atoms with Crippen molar-refractivity contribution in [3.05, 3.63) is 30.4 Å². The lowest BCUT2D eigenvalue weighted by Crippen LogP contribution is -2.42. The van der Waals surface area contributed by atoms with Crippen LogP contribution in [0.4, 0.5) is 5.69 Å². The molecule has 1 aliphatic rings. The Kier molecular flexibility index (Phi) is 4.34. The summed E-state index contributed by atoms with van der Waals surface area (Å²) in [5, 5.41) is 10.6. The summed E-state index contributed by atoms with van der Waals surface area (Å²) in [5.41, 5.74) is 2.70. The first-order chi connectivity index (χ1) is 12.7. The lowest BCUT2D eigenvalue weighted by molar-refractivity contribution is 0.0958. The van der Waals surface area contributed by atoms with Crippen LogP contribution in [0.1, 0.15) is 23.8 Å². The van der Waals surface area contributed by atoms with Crippen LogP contribution >= 0.6 is 0 Å². The number of aromatic nitrogens is 3. The molecular formula is C18H22N6O2. The number of aromatic amines is 1. The van der Waals surface area contributed by atoms with Crippen molar-refractivity contribution in [2.75, 3.05) is 25.5 Å². The molecule has 136 valence electrons. The highest BCUT2D eigenvalue weighted by Gasteiger charge is 2.23. The number of amides is 1. The van der Waals surface area contributed by atoms with E-state index in [9.17, 15) is 4.79 Å². The molecule has 1 saturated heterocycles. The second-order valence-electron chi connectivity index (χ2n) is 6.74. The fraction of sp³-hybridized carbons (Fsp3) is 0.389. The highest BCUT2D eigenvalue weighted by molar-refractivity contribution is 5.98. The Morgan fingerprint density at radius 3 is 3.08 bits per heavy atom. The minimum Gasteiger partial charge on any atom is -0.443 e. The predicted molar refractivity (Wildman–Crippen MR) is 99.0 cm³/mol. The van der Waals surface area contributed by atoms with Crippen LogP contribution < -0.4 is 16.0 Å². The van der Waals surface area contributed by atoms with E-state index in [4.69, 9.17) is 4.42 Å². The van der Waals surface area contributed by atoms with Crippen molar-refractivity contribution < 1.29 is 9.21 Å². The summed E-state index contributed by atoms with van der Waals surface area (Å²) < 4.78 is 5.57. The first kappa shape index (κ1) is 16.6. The van der Waals surface area contributed by atoms with Crippen LogP contribution in [-0.2, 0) is 0 Å². The maximum atomic E-state index is 11.8. The number of H-pyrrole nitrogens is 1. The number of rotatable bonds is 4. The van der Waals surface area contributed by atoms with Crippen LogP contribution in [0, 0.1) is 5.92 Å². The largest absolute Gasteiger partial charge is 0.443 e. The van der Waals surface area contributed by atoms with Gasteiger partial charge in [-0.3, -0.25) is 4.79 Å². The highest BCUT2D eigenvalue weighted by Crippen LogP contribution is 2.34. The van der Waals surface area contributed by atoms with Crippen LogP contribution in [-0.4, -0.2) is 47.0 Å². The lowest BCUT2D eigenvalue weighted by atomic mass is 9.97. The molecule has 4 heterocycles. The van der Waals surface area contributed by atoms with Crippen molar-refractivity contribution in [1.82, 2.24) is 25.6 Å². The van der Waals surface area contributed by atoms with Gasteiger partial charge >= 0.3 is 0 Å². The topological polar surface area (TPSA) is 108 Å². The predicted octanol–water partition coefficient (Wildman–Crippen LogP) is 1.99. The standard InChI is InChI=1S/C18H22N6O2/c1-10-5-11(7-20-6-10)23-15-12-3-4-21-16(12)22-8-13(15)18-24-14(9-26-18)17(25)19-2/h3-4,8-11,20H,5-7H2,1-2H3,(H,19,25)(H2,21,22,23)/t10-,11+/m0/s1. The van der Waals surface area contributed by atoms with E-state index in [2.05, 4.69) is 37.8 Å². The van der Waals surface area contributed by atoms with Gasteiger partial charge in [-0.15, -0.1) is 0 Å². The Morgan fingerprint density at radius 2 is 2.27 bits per heavy atom. The van der Waals surface area contributed by atoms with Crippen LogP contribution in [0.3, 0.4) is 0 Å². The van der Waals surface area contributed by atoms with Gasteiger partial charge in [0.15, 0.2) is 5.69 Å². The molecule has 8 nitrogen and oxygen atoms in total. The van der Waals surface area contributed by atoms with E-state index in [1.807, 2.05) is 12.3 Å². The zero-order valence-electron chi connectivity index (χ0n) is 14.8. The fourth-order valence-corrected chi connectivity index (χ4v) is 3.43. The number of fused-ring (bicyclic) bond motifs is 1. The molecule has 1 fully saturated rings. The number of oxazole rings is 1. The molecule has 26 heavy (non-hydrogen) atoms. The van der Waals surface area contributed by atoms with Crippen LogP contribution in [0.25, 0.3) is 22.5 Å². The minimum atomic E-state index is -0.282. The number of piperidine rings is 1. The van der Waals surface area contributed by atoms with E-state index in [0.717, 1.165) is 41.8 Å². The van der Waals surface area contributed by atoms with Crippen molar-refractivity contribution in [3.8, 4) is 11.5 Å². The lowest BCUT2D eigenvalue weighted by Gasteiger charge is -2.29. The summed E-state index contributed by atoms with van der Waals surface area (Å²) >= 11 is 0. The number of hydrogen-bond acceptors (Lipinski definition) is 6. The number of carbonyl (C=O) groups excluding carboxylic acids is 1. The number of carbonyl (C=O) groups is 1. The number of anilines is 1. The van der Waals surface area contributed by atoms with Gasteiger partial charge in [-0.1, -0.05) is 6.92 Å². The third kappa shape index (κ3) is 3.03. The normalized spacial score (nSPS) is 20.2. The highest BCUT2D eigenvalue weighted by atomic mass is 16.3. The number of nitrogens with one attached hydrogen (secondary N) is 4. The quantitative estimate of drug-likeness (QED) is 0.571. The SMILES string of the molecule is CNC(=O)c1coc(-c2cnc3[nH]ccc3c2N[C@H]2CNC[C@@H](C)C2)n1. The Balaban J connectivity index is 1.74. The van der Waals surface area contributed by atoms with Crippen molar-refractivity contribution in [2.45, 2.75) is 19.4 Å². The van der Waals surface area contributed by atoms with Gasteiger partial charge in [0.2, 0.25) is 5.89 Å². The maximum Gasteiger partial charge on any atom is 0.272 e. The zero-order chi connectivity index (χ0) is 18.1. The molecular weight excluding hydrogens is 332 g/mol. The Morgan fingerprint density at radius 1 is 1.38 bits per heavy atom. The smallest absolute Gasteiger partial charge is 0.272 e. The molecule has 2 atom stereocenters. The van der Waals surface area contributed by atoms with Crippen LogP contribution in [0.2, 0.25) is 0 Å². The van der Waals surface area contributed by atoms with Crippen LogP contribution in [0.5, 0.6) is 0 Å². The van der Waals surface area contributed by atoms with Crippen molar-refractivity contribution in [2.24, 2.45) is 5.92 Å². The summed E-state index contributed by atoms with van der Waals surface area (Å²) in [6.45, 7) is 4.17. The van der Waals surface area contributed by atoms with E-state index < -0.39 is 0 Å². The molecule has 0 unspecified atom stereocenters. The van der Waals surface area contributed by atoms with E-state index in [0.29, 0.717) is 17.9 Å². The first-order valence-corrected chi connectivity index (χ1v) is 8.77. The molecule has 0 spiro atoms. The Labute approximate surface area is 150 Å². The summed E-state index contributed by atoms with van der Waals surface area (Å²) in [6.07, 6.45) is 6.03. The van der Waals surface area contributed by atoms with Gasteiger partial charge in [0.1, 0.15) is 11.9 Å². The second kappa shape index (κ2) is 6.80. The number of nitrogens with zero attached hydrogens (tertiary/aromatic N) is 2. The van der Waals surface area contributed by atoms with E-state index in [-0.39, 0.29) is 11.6 Å². The molecule has 0 aromatic carbocycles. The summed E-state index contributed by atoms with van der Waals surface area (Å²) in [5.74, 6) is 0.698. The van der Waals surface area contributed by atoms with E-state index in [1.54, 1.807) is 13.2 Å². The van der Waals surface area contributed by atoms with E-state index in [1.165, 1.54) is 6.26 Å². The Hall–Kier alpha value is -2.87. The zero-order valence-corrected chi connectivity index (χ0v) is 14.8. The third-order valence-electron chi connectivity index (χ3n) is 4.70. The number of hydrogen-bond donors (Lipinski definition) is 4. The maximum absolute atomic E-state index is 11.8. The monoisotopic (exact) mass is 354 g/mol. The third-order valence-corrected chi connectivity index (χ3v) is 4.70. The molecule has 8 heteroatoms. The average molecular weight is 354 g/mol. The second-order valence-corrected chi connectivity index (χ2v) is 6.74. The van der Waals surface area contributed by atoms with Crippen LogP contribution in [0.15, 0.2) is 29.1 Å². The van der Waals surface area contributed by atoms with Crippen molar-refractivity contribution in [1.29, 1.82) is 0 Å². The molecule has 1 aliphatic heterocycles. The minimum absolute atomic E-state index is 0.246. The molecule has 0 radical (unpaired) electrons.